The molecule has 1 aromatic rings. The fourth-order valence-electron chi connectivity index (χ4n) is 0.780. The van der Waals surface area contributed by atoms with Gasteiger partial charge in [-0.05, 0) is 19.9 Å². The first-order valence-corrected chi connectivity index (χ1v) is 3.92. The molecule has 0 aromatic carbocycles. The number of hydrogen-bond acceptors (Lipinski definition) is 4. The van der Waals surface area contributed by atoms with Crippen LogP contribution in [0, 0.1) is 24.5 Å². The molecule has 0 unspecified atom stereocenters. The molecule has 4 heteroatoms. The molecule has 1 aromatic heterocycles. The van der Waals surface area contributed by atoms with Gasteiger partial charge in [0, 0.05) is 23.1 Å². The van der Waals surface area contributed by atoms with E-state index in [0.29, 0.717) is 5.16 Å². The van der Waals surface area contributed by atoms with Gasteiger partial charge in [0.05, 0.1) is 0 Å². The maximum absolute atomic E-state index is 8.33. The van der Waals surface area contributed by atoms with E-state index in [4.69, 9.17) is 5.26 Å². The first kappa shape index (κ1) is 8.02. The molecular weight excluding hydrogens is 158 g/mol. The molecule has 3 nitrogen and oxygen atoms in total. The van der Waals surface area contributed by atoms with Gasteiger partial charge >= 0.3 is 0 Å². The Hall–Kier alpha value is -1.08. The first-order chi connectivity index (χ1) is 5.22. The van der Waals surface area contributed by atoms with Gasteiger partial charge in [0.2, 0.25) is 5.16 Å². The average molecular weight is 165 g/mol. The normalized spacial score (nSPS) is 9.18. The van der Waals surface area contributed by atoms with Gasteiger partial charge in [-0.25, -0.2) is 9.97 Å². The molecule has 0 radical (unpaired) electrons. The number of nitrogens with zero attached hydrogens (tertiary/aromatic N) is 3. The molecule has 56 valence electrons. The van der Waals surface area contributed by atoms with Crippen molar-refractivity contribution in [2.45, 2.75) is 19.0 Å². The monoisotopic (exact) mass is 165 g/mol. The molecule has 0 atom stereocenters. The third-order valence-corrected chi connectivity index (χ3v) is 1.56. The van der Waals surface area contributed by atoms with Gasteiger partial charge in [-0.3, -0.25) is 0 Å². The van der Waals surface area contributed by atoms with E-state index in [2.05, 4.69) is 9.97 Å². The highest BCUT2D eigenvalue weighted by Gasteiger charge is 1.97. The predicted molar refractivity (Wildman–Crippen MR) is 43.0 cm³/mol. The summed E-state index contributed by atoms with van der Waals surface area (Å²) < 4.78 is 0. The van der Waals surface area contributed by atoms with Crippen molar-refractivity contribution in [3.63, 3.8) is 0 Å². The summed E-state index contributed by atoms with van der Waals surface area (Å²) in [6.45, 7) is 3.77. The quantitative estimate of drug-likeness (QED) is 0.361. The summed E-state index contributed by atoms with van der Waals surface area (Å²) in [5.41, 5.74) is 1.80. The van der Waals surface area contributed by atoms with Gasteiger partial charge in [0.1, 0.15) is 5.40 Å². The van der Waals surface area contributed by atoms with Crippen LogP contribution in [0.3, 0.4) is 0 Å². The number of thiocyanates is 1. The standard InChI is InChI=1S/C7H7N3S/c1-5-3-6(2)10-7(9-5)11-4-8/h3H,1-2H3. The lowest BCUT2D eigenvalue weighted by Crippen LogP contribution is -1.91. The molecule has 0 amide bonds. The smallest absolute Gasteiger partial charge is 0.202 e. The summed E-state index contributed by atoms with van der Waals surface area (Å²) in [4.78, 5) is 8.11. The minimum absolute atomic E-state index is 0.532. The molecule has 0 aliphatic rings. The Morgan fingerprint density at radius 3 is 2.36 bits per heavy atom. The van der Waals surface area contributed by atoms with Gasteiger partial charge in [0.15, 0.2) is 0 Å². The van der Waals surface area contributed by atoms with Crippen LogP contribution < -0.4 is 0 Å². The highest BCUT2D eigenvalue weighted by Crippen LogP contribution is 2.11. The predicted octanol–water partition coefficient (Wildman–Crippen LogP) is 1.67. The number of rotatable bonds is 1. The van der Waals surface area contributed by atoms with Gasteiger partial charge in [-0.2, -0.15) is 5.26 Å². The maximum Gasteiger partial charge on any atom is 0.202 e. The molecule has 0 aliphatic heterocycles. The van der Waals surface area contributed by atoms with E-state index in [1.807, 2.05) is 25.3 Å². The van der Waals surface area contributed by atoms with Crippen molar-refractivity contribution in [3.8, 4) is 5.40 Å². The number of hydrogen-bond donors (Lipinski definition) is 0. The van der Waals surface area contributed by atoms with Gasteiger partial charge in [-0.15, -0.1) is 0 Å². The Bertz CT molecular complexity index is 283. The number of nitriles is 1. The minimum atomic E-state index is 0.532. The second-order valence-corrected chi connectivity index (χ2v) is 2.88. The molecule has 1 heterocycles. The summed E-state index contributed by atoms with van der Waals surface area (Å²) >= 11 is 0.987. The van der Waals surface area contributed by atoms with Crippen molar-refractivity contribution in [2.75, 3.05) is 0 Å². The summed E-state index contributed by atoms with van der Waals surface area (Å²) in [6, 6.07) is 1.88. The van der Waals surface area contributed by atoms with Crippen molar-refractivity contribution < 1.29 is 0 Å². The molecular formula is C7H7N3S. The summed E-state index contributed by atoms with van der Waals surface area (Å²) in [7, 11) is 0. The van der Waals surface area contributed by atoms with E-state index in [-0.39, 0.29) is 0 Å². The van der Waals surface area contributed by atoms with Crippen molar-refractivity contribution in [2.24, 2.45) is 0 Å². The van der Waals surface area contributed by atoms with E-state index in [9.17, 15) is 0 Å². The summed E-state index contributed by atoms with van der Waals surface area (Å²) in [6.07, 6.45) is 0. The molecule has 0 aliphatic carbocycles. The highest BCUT2D eigenvalue weighted by atomic mass is 32.2. The first-order valence-electron chi connectivity index (χ1n) is 3.10. The number of thioether (sulfide) groups is 1. The van der Waals surface area contributed by atoms with Crippen LogP contribution in [0.1, 0.15) is 11.4 Å². The fraction of sp³-hybridized carbons (Fsp3) is 0.286. The van der Waals surface area contributed by atoms with Crippen LogP contribution in [-0.2, 0) is 0 Å². The van der Waals surface area contributed by atoms with Crippen LogP contribution in [0.5, 0.6) is 0 Å². The lowest BCUT2D eigenvalue weighted by molar-refractivity contribution is 0.905. The summed E-state index contributed by atoms with van der Waals surface area (Å²) in [5, 5.41) is 10.8. The highest BCUT2D eigenvalue weighted by molar-refractivity contribution is 8.03. The van der Waals surface area contributed by atoms with Crippen LogP contribution in [0.25, 0.3) is 0 Å². The Morgan fingerprint density at radius 2 is 1.91 bits per heavy atom. The SMILES string of the molecule is Cc1cc(C)nc(SC#N)n1. The Labute approximate surface area is 69.5 Å². The van der Waals surface area contributed by atoms with E-state index in [0.717, 1.165) is 23.1 Å². The van der Waals surface area contributed by atoms with E-state index >= 15 is 0 Å². The zero-order chi connectivity index (χ0) is 8.27. The second kappa shape index (κ2) is 3.35. The minimum Gasteiger partial charge on any atom is -0.227 e. The average Bonchev–Trinajstić information content (AvgIpc) is 1.85. The van der Waals surface area contributed by atoms with Crippen LogP contribution in [0.2, 0.25) is 0 Å². The van der Waals surface area contributed by atoms with E-state index in [1.54, 1.807) is 0 Å². The van der Waals surface area contributed by atoms with Crippen molar-refractivity contribution >= 4 is 11.8 Å². The molecule has 0 bridgehead atoms. The third-order valence-electron chi connectivity index (χ3n) is 1.10. The maximum atomic E-state index is 8.33. The lowest BCUT2D eigenvalue weighted by atomic mass is 10.4. The zero-order valence-corrected chi connectivity index (χ0v) is 7.14. The topological polar surface area (TPSA) is 49.6 Å². The Balaban J connectivity index is 3.01. The molecule has 0 N–H and O–H groups in total. The van der Waals surface area contributed by atoms with Gasteiger partial charge in [-0.1, -0.05) is 0 Å². The van der Waals surface area contributed by atoms with E-state index in [1.165, 1.54) is 0 Å². The van der Waals surface area contributed by atoms with Crippen molar-refractivity contribution in [1.29, 1.82) is 5.26 Å². The Morgan fingerprint density at radius 1 is 1.36 bits per heavy atom. The van der Waals surface area contributed by atoms with E-state index < -0.39 is 0 Å². The Kier molecular flexibility index (Phi) is 2.44. The van der Waals surface area contributed by atoms with Crippen LogP contribution in [0.4, 0.5) is 0 Å². The zero-order valence-electron chi connectivity index (χ0n) is 6.33. The molecule has 0 fully saturated rings. The third kappa shape index (κ3) is 2.20. The van der Waals surface area contributed by atoms with Gasteiger partial charge < -0.3 is 0 Å². The van der Waals surface area contributed by atoms with Crippen LogP contribution >= 0.6 is 11.8 Å². The van der Waals surface area contributed by atoms with Crippen molar-refractivity contribution in [3.05, 3.63) is 17.5 Å². The lowest BCUT2D eigenvalue weighted by Gasteiger charge is -1.96. The summed E-state index contributed by atoms with van der Waals surface area (Å²) in [5.74, 6) is 0. The molecule has 0 saturated heterocycles. The molecule has 11 heavy (non-hydrogen) atoms. The van der Waals surface area contributed by atoms with Crippen LogP contribution in [0.15, 0.2) is 11.2 Å². The molecule has 0 spiro atoms. The van der Waals surface area contributed by atoms with Crippen LogP contribution in [-0.4, -0.2) is 9.97 Å². The number of aryl methyl sites for hydroxylation is 2. The molecule has 0 saturated carbocycles. The molecule has 1 rings (SSSR count). The van der Waals surface area contributed by atoms with Gasteiger partial charge in [0.25, 0.3) is 0 Å². The largest absolute Gasteiger partial charge is 0.227 e. The number of aromatic nitrogens is 2. The second-order valence-electron chi connectivity index (χ2n) is 2.13. The fourth-order valence-corrected chi connectivity index (χ4v) is 1.24. The van der Waals surface area contributed by atoms with Crippen molar-refractivity contribution in [1.82, 2.24) is 9.97 Å².